The average molecular weight is 243 g/mol. The summed E-state index contributed by atoms with van der Waals surface area (Å²) in [7, 11) is 0. The summed E-state index contributed by atoms with van der Waals surface area (Å²) in [5, 5.41) is 10.0. The van der Waals surface area contributed by atoms with Crippen molar-refractivity contribution in [1.29, 1.82) is 0 Å². The molecule has 0 bridgehead atoms. The van der Waals surface area contributed by atoms with Gasteiger partial charge in [-0.25, -0.2) is 8.78 Å². The van der Waals surface area contributed by atoms with Crippen molar-refractivity contribution in [3.05, 3.63) is 35.4 Å². The van der Waals surface area contributed by atoms with Crippen LogP contribution >= 0.6 is 0 Å². The number of hydrogen-bond donors (Lipinski definition) is 2. The largest absolute Gasteiger partial charge is 0.388 e. The van der Waals surface area contributed by atoms with Gasteiger partial charge in [0.05, 0.1) is 6.10 Å². The molecule has 1 aromatic carbocycles. The number of hydrogen-bond acceptors (Lipinski definition) is 2. The van der Waals surface area contributed by atoms with Gasteiger partial charge >= 0.3 is 0 Å². The molecule has 0 radical (unpaired) electrons. The number of halogens is 2. The fraction of sp³-hybridized carbons (Fsp3) is 0.538. The molecule has 1 aromatic rings. The third kappa shape index (κ3) is 3.48. The van der Waals surface area contributed by atoms with E-state index in [2.05, 4.69) is 0 Å². The number of nitrogens with two attached hydrogens (primary N) is 1. The van der Waals surface area contributed by atoms with Crippen LogP contribution in [0.3, 0.4) is 0 Å². The summed E-state index contributed by atoms with van der Waals surface area (Å²) >= 11 is 0. The summed E-state index contributed by atoms with van der Waals surface area (Å²) < 4.78 is 26.6. The molecule has 17 heavy (non-hydrogen) atoms. The van der Waals surface area contributed by atoms with E-state index in [1.54, 1.807) is 0 Å². The maximum atomic E-state index is 13.5. The van der Waals surface area contributed by atoms with Crippen molar-refractivity contribution in [1.82, 2.24) is 0 Å². The molecule has 0 aliphatic heterocycles. The Hall–Kier alpha value is -1.00. The number of rotatable bonds is 5. The topological polar surface area (TPSA) is 46.2 Å². The van der Waals surface area contributed by atoms with Gasteiger partial charge in [-0.1, -0.05) is 26.0 Å². The third-order valence-electron chi connectivity index (χ3n) is 2.82. The van der Waals surface area contributed by atoms with Crippen molar-refractivity contribution >= 4 is 0 Å². The van der Waals surface area contributed by atoms with E-state index >= 15 is 0 Å². The zero-order valence-corrected chi connectivity index (χ0v) is 10.2. The first-order valence-corrected chi connectivity index (χ1v) is 5.79. The van der Waals surface area contributed by atoms with Crippen molar-refractivity contribution in [2.45, 2.75) is 26.4 Å². The molecule has 0 saturated heterocycles. The van der Waals surface area contributed by atoms with Crippen molar-refractivity contribution in [2.75, 3.05) is 6.54 Å². The zero-order valence-electron chi connectivity index (χ0n) is 10.2. The fourth-order valence-corrected chi connectivity index (χ4v) is 1.96. The highest BCUT2D eigenvalue weighted by atomic mass is 19.2. The molecule has 2 nitrogen and oxygen atoms in total. The molecule has 0 amide bonds. The predicted molar refractivity (Wildman–Crippen MR) is 63.3 cm³/mol. The van der Waals surface area contributed by atoms with Gasteiger partial charge in [0, 0.05) is 11.5 Å². The van der Waals surface area contributed by atoms with Crippen molar-refractivity contribution < 1.29 is 13.9 Å². The molecule has 96 valence electrons. The van der Waals surface area contributed by atoms with Crippen molar-refractivity contribution in [3.63, 3.8) is 0 Å². The lowest BCUT2D eigenvalue weighted by Gasteiger charge is -2.23. The SMILES string of the molecule is CC(C)CC(CN)C(O)c1cccc(F)c1F. The second kappa shape index (κ2) is 6.07. The summed E-state index contributed by atoms with van der Waals surface area (Å²) in [4.78, 5) is 0. The summed E-state index contributed by atoms with van der Waals surface area (Å²) in [6.45, 7) is 4.24. The molecule has 1 rings (SSSR count). The van der Waals surface area contributed by atoms with Crippen LogP contribution in [0.4, 0.5) is 8.78 Å². The second-order valence-corrected chi connectivity index (χ2v) is 4.71. The van der Waals surface area contributed by atoms with Gasteiger partial charge < -0.3 is 10.8 Å². The molecule has 2 atom stereocenters. The van der Waals surface area contributed by atoms with E-state index in [0.29, 0.717) is 12.3 Å². The van der Waals surface area contributed by atoms with E-state index in [-0.39, 0.29) is 18.0 Å². The molecule has 3 N–H and O–H groups in total. The van der Waals surface area contributed by atoms with E-state index in [9.17, 15) is 13.9 Å². The van der Waals surface area contributed by atoms with Crippen LogP contribution < -0.4 is 5.73 Å². The molecule has 0 saturated carbocycles. The zero-order chi connectivity index (χ0) is 13.0. The van der Waals surface area contributed by atoms with E-state index in [0.717, 1.165) is 6.07 Å². The van der Waals surface area contributed by atoms with Gasteiger partial charge in [-0.2, -0.15) is 0 Å². The van der Waals surface area contributed by atoms with Gasteiger partial charge in [0.1, 0.15) is 0 Å². The van der Waals surface area contributed by atoms with Crippen LogP contribution in [-0.2, 0) is 0 Å². The molecule has 0 fully saturated rings. The minimum absolute atomic E-state index is 0.0129. The standard InChI is InChI=1S/C13H19F2NO/c1-8(2)6-9(7-16)13(17)10-4-3-5-11(14)12(10)15/h3-5,8-9,13,17H,6-7,16H2,1-2H3. The molecule has 0 aliphatic rings. The summed E-state index contributed by atoms with van der Waals surface area (Å²) in [5.41, 5.74) is 5.56. The molecule has 4 heteroatoms. The third-order valence-corrected chi connectivity index (χ3v) is 2.82. The monoisotopic (exact) mass is 243 g/mol. The van der Waals surface area contributed by atoms with E-state index in [1.165, 1.54) is 12.1 Å². The molecule has 0 heterocycles. The molecule has 0 aliphatic carbocycles. The van der Waals surface area contributed by atoms with Crippen LogP contribution in [0.5, 0.6) is 0 Å². The van der Waals surface area contributed by atoms with Crippen LogP contribution in [-0.4, -0.2) is 11.7 Å². The Balaban J connectivity index is 2.93. The van der Waals surface area contributed by atoms with Crippen LogP contribution in [0.15, 0.2) is 18.2 Å². The Morgan fingerprint density at radius 2 is 1.94 bits per heavy atom. The van der Waals surface area contributed by atoms with Crippen LogP contribution in [0.2, 0.25) is 0 Å². The van der Waals surface area contributed by atoms with Gasteiger partial charge in [0.25, 0.3) is 0 Å². The number of aliphatic hydroxyl groups is 1. The normalized spacial score (nSPS) is 15.0. The number of aliphatic hydroxyl groups excluding tert-OH is 1. The van der Waals surface area contributed by atoms with E-state index in [1.807, 2.05) is 13.8 Å². The van der Waals surface area contributed by atoms with E-state index < -0.39 is 17.7 Å². The van der Waals surface area contributed by atoms with Gasteiger partial charge in [0.15, 0.2) is 11.6 Å². The second-order valence-electron chi connectivity index (χ2n) is 4.71. The quantitative estimate of drug-likeness (QED) is 0.835. The first-order valence-electron chi connectivity index (χ1n) is 5.79. The maximum Gasteiger partial charge on any atom is 0.164 e. The summed E-state index contributed by atoms with van der Waals surface area (Å²) in [6, 6.07) is 3.82. The predicted octanol–water partition coefficient (Wildman–Crippen LogP) is 2.62. The minimum atomic E-state index is -1.06. The molecule has 2 unspecified atom stereocenters. The van der Waals surface area contributed by atoms with Crippen molar-refractivity contribution in [2.24, 2.45) is 17.6 Å². The Morgan fingerprint density at radius 1 is 1.29 bits per heavy atom. The van der Waals surface area contributed by atoms with Gasteiger partial charge in [0.2, 0.25) is 0 Å². The molecular formula is C13H19F2NO. The van der Waals surface area contributed by atoms with Crippen LogP contribution in [0.1, 0.15) is 31.9 Å². The average Bonchev–Trinajstić information content (AvgIpc) is 2.28. The molecular weight excluding hydrogens is 224 g/mol. The molecule has 0 aromatic heterocycles. The Morgan fingerprint density at radius 3 is 2.47 bits per heavy atom. The smallest absolute Gasteiger partial charge is 0.164 e. The first-order chi connectivity index (χ1) is 7.97. The lowest BCUT2D eigenvalue weighted by Crippen LogP contribution is -2.24. The highest BCUT2D eigenvalue weighted by Crippen LogP contribution is 2.29. The van der Waals surface area contributed by atoms with Crippen LogP contribution in [0.25, 0.3) is 0 Å². The fourth-order valence-electron chi connectivity index (χ4n) is 1.96. The minimum Gasteiger partial charge on any atom is -0.388 e. The van der Waals surface area contributed by atoms with Gasteiger partial charge in [-0.15, -0.1) is 0 Å². The Kier molecular flexibility index (Phi) is 5.02. The van der Waals surface area contributed by atoms with E-state index in [4.69, 9.17) is 5.73 Å². The first kappa shape index (κ1) is 14.1. The maximum absolute atomic E-state index is 13.5. The van der Waals surface area contributed by atoms with Crippen LogP contribution in [0, 0.1) is 23.5 Å². The highest BCUT2D eigenvalue weighted by Gasteiger charge is 2.24. The lowest BCUT2D eigenvalue weighted by molar-refractivity contribution is 0.0952. The summed E-state index contributed by atoms with van der Waals surface area (Å²) in [5.74, 6) is -1.84. The van der Waals surface area contributed by atoms with Gasteiger partial charge in [-0.05, 0) is 24.9 Å². The Labute approximate surface area is 100 Å². The Bertz CT molecular complexity index is 368. The van der Waals surface area contributed by atoms with Crippen molar-refractivity contribution in [3.8, 4) is 0 Å². The lowest BCUT2D eigenvalue weighted by atomic mass is 9.88. The molecule has 0 spiro atoms. The highest BCUT2D eigenvalue weighted by molar-refractivity contribution is 5.21. The number of benzene rings is 1. The summed E-state index contributed by atoms with van der Waals surface area (Å²) in [6.07, 6.45) is -0.383. The van der Waals surface area contributed by atoms with Gasteiger partial charge in [-0.3, -0.25) is 0 Å².